The second-order valence-electron chi connectivity index (χ2n) is 3.35. The van der Waals surface area contributed by atoms with Crippen LogP contribution in [0.3, 0.4) is 0 Å². The summed E-state index contributed by atoms with van der Waals surface area (Å²) < 4.78 is 9.28. The van der Waals surface area contributed by atoms with Crippen molar-refractivity contribution in [2.75, 3.05) is 6.61 Å². The number of hydrogen-bond acceptors (Lipinski definition) is 4. The molecule has 0 fully saturated rings. The van der Waals surface area contributed by atoms with Gasteiger partial charge in [0, 0.05) is 0 Å². The largest absolute Gasteiger partial charge is 0.449 e. The van der Waals surface area contributed by atoms with Crippen molar-refractivity contribution in [3.8, 4) is 0 Å². The van der Waals surface area contributed by atoms with Gasteiger partial charge in [0.1, 0.15) is 5.60 Å². The van der Waals surface area contributed by atoms with Crippen LogP contribution in [-0.4, -0.2) is 24.4 Å². The molecule has 0 bridgehead atoms. The average molecular weight is 189 g/mol. The lowest BCUT2D eigenvalue weighted by Crippen LogP contribution is -2.36. The molecule has 5 nitrogen and oxygen atoms in total. The molecule has 0 spiro atoms. The Bertz CT molecular complexity index is 195. The zero-order valence-electron chi connectivity index (χ0n) is 8.34. The smallest absolute Gasteiger partial charge is 0.417 e. The molecule has 0 aromatic heterocycles. The van der Waals surface area contributed by atoms with Crippen LogP contribution in [0.2, 0.25) is 0 Å². The minimum Gasteiger partial charge on any atom is -0.449 e. The number of alkyl carbamates (subject to hydrolysis) is 2. The lowest BCUT2D eigenvalue weighted by atomic mass is 10.2. The molecule has 0 aromatic rings. The molecule has 0 aliphatic carbocycles. The van der Waals surface area contributed by atoms with Gasteiger partial charge in [-0.05, 0) is 27.7 Å². The van der Waals surface area contributed by atoms with Crippen molar-refractivity contribution in [2.45, 2.75) is 33.3 Å². The summed E-state index contributed by atoms with van der Waals surface area (Å²) in [5.41, 5.74) is -0.615. The summed E-state index contributed by atoms with van der Waals surface area (Å²) in [6, 6.07) is 0. The summed E-state index contributed by atoms with van der Waals surface area (Å²) in [5, 5.41) is 1.92. The van der Waals surface area contributed by atoms with Crippen molar-refractivity contribution in [1.29, 1.82) is 0 Å². The molecule has 13 heavy (non-hydrogen) atoms. The number of ether oxygens (including phenoxy) is 2. The van der Waals surface area contributed by atoms with E-state index in [0.29, 0.717) is 0 Å². The van der Waals surface area contributed by atoms with Crippen molar-refractivity contribution < 1.29 is 19.1 Å². The molecule has 0 rings (SSSR count). The van der Waals surface area contributed by atoms with Crippen molar-refractivity contribution in [3.05, 3.63) is 0 Å². The summed E-state index contributed by atoms with van der Waals surface area (Å²) in [7, 11) is 0. The maximum atomic E-state index is 10.9. The van der Waals surface area contributed by atoms with Gasteiger partial charge in [0.05, 0.1) is 6.61 Å². The normalized spacial score (nSPS) is 10.5. The van der Waals surface area contributed by atoms with E-state index in [4.69, 9.17) is 4.74 Å². The van der Waals surface area contributed by atoms with Crippen LogP contribution in [0.4, 0.5) is 9.59 Å². The van der Waals surface area contributed by atoms with Crippen LogP contribution in [0.15, 0.2) is 0 Å². The molecular formula is C8H15NO4. The fourth-order valence-electron chi connectivity index (χ4n) is 0.554. The van der Waals surface area contributed by atoms with Gasteiger partial charge in [0.15, 0.2) is 0 Å². The van der Waals surface area contributed by atoms with Crippen LogP contribution in [0.1, 0.15) is 27.7 Å². The van der Waals surface area contributed by atoms with E-state index in [1.54, 1.807) is 27.7 Å². The minimum absolute atomic E-state index is 0.217. The first-order valence-electron chi connectivity index (χ1n) is 4.02. The van der Waals surface area contributed by atoms with E-state index < -0.39 is 17.8 Å². The van der Waals surface area contributed by atoms with Gasteiger partial charge < -0.3 is 9.47 Å². The minimum atomic E-state index is -0.800. The molecule has 0 radical (unpaired) electrons. The van der Waals surface area contributed by atoms with Crippen LogP contribution in [0.5, 0.6) is 0 Å². The number of imide groups is 1. The Hall–Kier alpha value is -1.26. The third kappa shape index (κ3) is 7.11. The summed E-state index contributed by atoms with van der Waals surface area (Å²) in [5.74, 6) is 0. The molecule has 0 heterocycles. The van der Waals surface area contributed by atoms with Gasteiger partial charge in [-0.2, -0.15) is 0 Å². The highest BCUT2D eigenvalue weighted by molar-refractivity contribution is 5.87. The highest BCUT2D eigenvalue weighted by Crippen LogP contribution is 2.06. The van der Waals surface area contributed by atoms with Crippen LogP contribution in [0, 0.1) is 0 Å². The van der Waals surface area contributed by atoms with E-state index in [1.165, 1.54) is 0 Å². The first-order chi connectivity index (χ1) is 5.85. The SMILES string of the molecule is CCOC(=O)NC(=O)OC(C)(C)C. The summed E-state index contributed by atoms with van der Waals surface area (Å²) in [6.07, 6.45) is -1.59. The monoisotopic (exact) mass is 189 g/mol. The zero-order valence-corrected chi connectivity index (χ0v) is 8.34. The Morgan fingerprint density at radius 2 is 1.77 bits per heavy atom. The van der Waals surface area contributed by atoms with Gasteiger partial charge in [-0.25, -0.2) is 14.9 Å². The Morgan fingerprint density at radius 3 is 2.15 bits per heavy atom. The molecule has 5 heteroatoms. The number of rotatable bonds is 1. The molecule has 2 amide bonds. The van der Waals surface area contributed by atoms with Crippen LogP contribution >= 0.6 is 0 Å². The van der Waals surface area contributed by atoms with E-state index in [2.05, 4.69) is 4.74 Å². The van der Waals surface area contributed by atoms with Gasteiger partial charge in [-0.15, -0.1) is 0 Å². The summed E-state index contributed by atoms with van der Waals surface area (Å²) >= 11 is 0. The number of nitrogens with one attached hydrogen (secondary N) is 1. The topological polar surface area (TPSA) is 64.6 Å². The van der Waals surface area contributed by atoms with Crippen molar-refractivity contribution in [2.24, 2.45) is 0 Å². The third-order valence-corrected chi connectivity index (χ3v) is 0.878. The maximum Gasteiger partial charge on any atom is 0.417 e. The van der Waals surface area contributed by atoms with Crippen LogP contribution in [-0.2, 0) is 9.47 Å². The van der Waals surface area contributed by atoms with Gasteiger partial charge in [-0.1, -0.05) is 0 Å². The van der Waals surface area contributed by atoms with E-state index >= 15 is 0 Å². The predicted octanol–water partition coefficient (Wildman–Crippen LogP) is 1.67. The van der Waals surface area contributed by atoms with Crippen molar-refractivity contribution in [1.82, 2.24) is 5.32 Å². The third-order valence-electron chi connectivity index (χ3n) is 0.878. The standard InChI is InChI=1S/C8H15NO4/c1-5-12-6(10)9-7(11)13-8(2,3)4/h5H2,1-4H3,(H,9,10,11). The van der Waals surface area contributed by atoms with E-state index in [9.17, 15) is 9.59 Å². The molecule has 0 aromatic carbocycles. The highest BCUT2D eigenvalue weighted by Gasteiger charge is 2.18. The average Bonchev–Trinajstić information content (AvgIpc) is 1.81. The highest BCUT2D eigenvalue weighted by atomic mass is 16.6. The van der Waals surface area contributed by atoms with E-state index in [-0.39, 0.29) is 6.61 Å². The Labute approximate surface area is 77.4 Å². The molecule has 0 aliphatic heterocycles. The fourth-order valence-corrected chi connectivity index (χ4v) is 0.554. The molecule has 1 N–H and O–H groups in total. The van der Waals surface area contributed by atoms with Gasteiger partial charge in [0.2, 0.25) is 0 Å². The lowest BCUT2D eigenvalue weighted by Gasteiger charge is -2.18. The van der Waals surface area contributed by atoms with Gasteiger partial charge in [0.25, 0.3) is 0 Å². The van der Waals surface area contributed by atoms with Crippen molar-refractivity contribution in [3.63, 3.8) is 0 Å². The molecule has 0 saturated heterocycles. The van der Waals surface area contributed by atoms with E-state index in [1.807, 2.05) is 5.32 Å². The number of hydrogen-bond donors (Lipinski definition) is 1. The van der Waals surface area contributed by atoms with Crippen LogP contribution < -0.4 is 5.32 Å². The predicted molar refractivity (Wildman–Crippen MR) is 46.4 cm³/mol. The first kappa shape index (κ1) is 11.7. The fraction of sp³-hybridized carbons (Fsp3) is 0.750. The van der Waals surface area contributed by atoms with E-state index in [0.717, 1.165) is 0 Å². The Morgan fingerprint density at radius 1 is 1.23 bits per heavy atom. The summed E-state index contributed by atoms with van der Waals surface area (Å²) in [6.45, 7) is 6.98. The molecule has 0 atom stereocenters. The second-order valence-corrected chi connectivity index (χ2v) is 3.35. The number of carbonyl (C=O) groups is 2. The Kier molecular flexibility index (Phi) is 4.23. The lowest BCUT2D eigenvalue weighted by molar-refractivity contribution is 0.0513. The number of carbonyl (C=O) groups excluding carboxylic acids is 2. The summed E-state index contributed by atoms with van der Waals surface area (Å²) in [4.78, 5) is 21.6. The molecular weight excluding hydrogens is 174 g/mol. The maximum absolute atomic E-state index is 10.9. The number of amides is 2. The molecule has 0 aliphatic rings. The molecule has 76 valence electrons. The first-order valence-corrected chi connectivity index (χ1v) is 4.02. The van der Waals surface area contributed by atoms with Gasteiger partial charge >= 0.3 is 12.2 Å². The second kappa shape index (κ2) is 4.69. The molecule has 0 unspecified atom stereocenters. The quantitative estimate of drug-likeness (QED) is 0.681. The zero-order chi connectivity index (χ0) is 10.5. The molecule has 0 saturated carbocycles. The van der Waals surface area contributed by atoms with Gasteiger partial charge in [-0.3, -0.25) is 0 Å². The van der Waals surface area contributed by atoms with Crippen LogP contribution in [0.25, 0.3) is 0 Å². The Balaban J connectivity index is 3.82. The van der Waals surface area contributed by atoms with Crippen molar-refractivity contribution >= 4 is 12.2 Å².